The maximum Gasteiger partial charge on any atom is 0.291 e. The topological polar surface area (TPSA) is 68.5 Å². The Morgan fingerprint density at radius 1 is 1.21 bits per heavy atom. The van der Waals surface area contributed by atoms with E-state index in [4.69, 9.17) is 20.8 Å². The van der Waals surface area contributed by atoms with Crippen molar-refractivity contribution in [2.45, 2.75) is 30.8 Å². The first-order valence-corrected chi connectivity index (χ1v) is 11.3. The zero-order chi connectivity index (χ0) is 20.4. The van der Waals surface area contributed by atoms with Crippen LogP contribution < -0.4 is 5.32 Å². The van der Waals surface area contributed by atoms with Crippen LogP contribution >= 0.6 is 11.6 Å². The van der Waals surface area contributed by atoms with E-state index in [0.29, 0.717) is 35.3 Å². The molecule has 152 valence electrons. The van der Waals surface area contributed by atoms with Gasteiger partial charge < -0.3 is 14.5 Å². The van der Waals surface area contributed by atoms with Crippen molar-refractivity contribution in [1.82, 2.24) is 0 Å². The van der Waals surface area contributed by atoms with Crippen molar-refractivity contribution in [1.29, 1.82) is 0 Å². The van der Waals surface area contributed by atoms with Crippen LogP contribution in [0.3, 0.4) is 0 Å². The number of hydrogen-bond acceptors (Lipinski definition) is 4. The van der Waals surface area contributed by atoms with Gasteiger partial charge in [-0.15, -0.1) is 0 Å². The predicted molar refractivity (Wildman–Crippen MR) is 116 cm³/mol. The molecule has 1 atom stereocenters. The average Bonchev–Trinajstić information content (AvgIpc) is 3.07. The molecule has 4 rings (SSSR count). The van der Waals surface area contributed by atoms with Crippen LogP contribution in [0.2, 0.25) is 5.02 Å². The highest BCUT2D eigenvalue weighted by Gasteiger charge is 2.21. The normalized spacial score (nSPS) is 16.1. The molecule has 1 aliphatic heterocycles. The number of fused-ring (bicyclic) bond motifs is 1. The van der Waals surface area contributed by atoms with Gasteiger partial charge in [-0.25, -0.2) is 0 Å². The summed E-state index contributed by atoms with van der Waals surface area (Å²) < 4.78 is 23.7. The Morgan fingerprint density at radius 3 is 2.72 bits per heavy atom. The van der Waals surface area contributed by atoms with Crippen molar-refractivity contribution < 1.29 is 18.2 Å². The minimum atomic E-state index is -0.957. The number of amides is 1. The zero-order valence-corrected chi connectivity index (χ0v) is 17.6. The van der Waals surface area contributed by atoms with Gasteiger partial charge in [-0.3, -0.25) is 9.00 Å². The lowest BCUT2D eigenvalue weighted by Gasteiger charge is -2.21. The fourth-order valence-corrected chi connectivity index (χ4v) is 5.25. The van der Waals surface area contributed by atoms with Gasteiger partial charge in [0.25, 0.3) is 5.91 Å². The van der Waals surface area contributed by atoms with Gasteiger partial charge in [-0.1, -0.05) is 35.9 Å². The molecule has 0 aliphatic carbocycles. The standard InChI is InChI=1S/C22H22ClNO4S/c1-14-18-6-3-7-19(23)21(18)28-20(14)22(25)24-16-5-2-4-15(12-16)13-29(26)17-8-10-27-11-9-17/h2-7,12,17H,8-11,13H2,1H3,(H,24,25). The quantitative estimate of drug-likeness (QED) is 0.612. The number of ether oxygens (including phenoxy) is 1. The lowest BCUT2D eigenvalue weighted by Crippen LogP contribution is -2.25. The molecule has 0 spiro atoms. The first-order chi connectivity index (χ1) is 14.0. The molecule has 7 heteroatoms. The molecule has 3 aromatic rings. The third kappa shape index (κ3) is 4.39. The second-order valence-electron chi connectivity index (χ2n) is 7.16. The summed E-state index contributed by atoms with van der Waals surface area (Å²) in [6, 6.07) is 12.9. The molecule has 29 heavy (non-hydrogen) atoms. The van der Waals surface area contributed by atoms with Crippen molar-refractivity contribution in [3.8, 4) is 0 Å². The number of benzene rings is 2. The summed E-state index contributed by atoms with van der Waals surface area (Å²) in [5, 5.41) is 4.35. The molecule has 1 aromatic heterocycles. The van der Waals surface area contributed by atoms with E-state index in [0.717, 1.165) is 29.4 Å². The molecule has 2 heterocycles. The summed E-state index contributed by atoms with van der Waals surface area (Å²) in [5.41, 5.74) is 2.83. The minimum Gasteiger partial charge on any atom is -0.449 e. The first kappa shape index (κ1) is 20.1. The minimum absolute atomic E-state index is 0.171. The van der Waals surface area contributed by atoms with Gasteiger partial charge in [0, 0.05) is 51.7 Å². The highest BCUT2D eigenvalue weighted by Crippen LogP contribution is 2.31. The number of furan rings is 1. The summed E-state index contributed by atoms with van der Waals surface area (Å²) in [6.45, 7) is 3.19. The zero-order valence-electron chi connectivity index (χ0n) is 16.1. The van der Waals surface area contributed by atoms with E-state index in [9.17, 15) is 9.00 Å². The lowest BCUT2D eigenvalue weighted by molar-refractivity contribution is 0.0991. The number of para-hydroxylation sites is 1. The van der Waals surface area contributed by atoms with E-state index in [1.165, 1.54) is 0 Å². The van der Waals surface area contributed by atoms with E-state index in [2.05, 4.69) is 5.32 Å². The molecule has 1 unspecified atom stereocenters. The van der Waals surface area contributed by atoms with E-state index in [-0.39, 0.29) is 16.9 Å². The van der Waals surface area contributed by atoms with Crippen molar-refractivity contribution in [2.75, 3.05) is 18.5 Å². The monoisotopic (exact) mass is 431 g/mol. The van der Waals surface area contributed by atoms with Crippen LogP contribution in [0, 0.1) is 6.92 Å². The molecule has 0 saturated carbocycles. The second kappa shape index (κ2) is 8.69. The van der Waals surface area contributed by atoms with Crippen LogP contribution in [-0.2, 0) is 21.3 Å². The average molecular weight is 432 g/mol. The van der Waals surface area contributed by atoms with Crippen LogP contribution in [0.5, 0.6) is 0 Å². The Bertz CT molecular complexity index is 1070. The molecule has 1 N–H and O–H groups in total. The number of nitrogens with one attached hydrogen (secondary N) is 1. The first-order valence-electron chi connectivity index (χ1n) is 9.56. The Kier molecular flexibility index (Phi) is 6.04. The van der Waals surface area contributed by atoms with Crippen molar-refractivity contribution in [2.24, 2.45) is 0 Å². The third-order valence-corrected chi connectivity index (χ3v) is 7.29. The number of aryl methyl sites for hydroxylation is 1. The van der Waals surface area contributed by atoms with Gasteiger partial charge in [0.05, 0.1) is 5.02 Å². The van der Waals surface area contributed by atoms with Crippen molar-refractivity contribution in [3.05, 3.63) is 64.4 Å². The molecule has 5 nitrogen and oxygen atoms in total. The van der Waals surface area contributed by atoms with E-state index in [1.807, 2.05) is 43.3 Å². The molecule has 2 aromatic carbocycles. The molecular formula is C22H22ClNO4S. The van der Waals surface area contributed by atoms with E-state index in [1.54, 1.807) is 6.07 Å². The lowest BCUT2D eigenvalue weighted by atomic mass is 10.1. The second-order valence-corrected chi connectivity index (χ2v) is 9.29. The Hall–Kier alpha value is -2.15. The third-order valence-electron chi connectivity index (χ3n) is 5.16. The summed E-state index contributed by atoms with van der Waals surface area (Å²) in [7, 11) is -0.957. The fourth-order valence-electron chi connectivity index (χ4n) is 3.57. The molecule has 0 bridgehead atoms. The maximum atomic E-state index is 12.8. The molecule has 1 aliphatic rings. The number of hydrogen-bond donors (Lipinski definition) is 1. The van der Waals surface area contributed by atoms with Crippen LogP contribution in [0.4, 0.5) is 5.69 Å². The largest absolute Gasteiger partial charge is 0.449 e. The van der Waals surface area contributed by atoms with Crippen LogP contribution in [0.15, 0.2) is 46.9 Å². The molecule has 0 radical (unpaired) electrons. The summed E-state index contributed by atoms with van der Waals surface area (Å²) in [4.78, 5) is 12.8. The van der Waals surface area contributed by atoms with Crippen LogP contribution in [-0.4, -0.2) is 28.6 Å². The smallest absolute Gasteiger partial charge is 0.291 e. The number of carbonyl (C=O) groups excluding carboxylic acids is 1. The Balaban J connectivity index is 1.49. The van der Waals surface area contributed by atoms with Gasteiger partial charge in [-0.05, 0) is 43.5 Å². The van der Waals surface area contributed by atoms with Crippen LogP contribution in [0.25, 0.3) is 11.0 Å². The highest BCUT2D eigenvalue weighted by molar-refractivity contribution is 7.84. The number of carbonyl (C=O) groups is 1. The predicted octanol–water partition coefficient (Wildman–Crippen LogP) is 5.07. The summed E-state index contributed by atoms with van der Waals surface area (Å²) in [6.07, 6.45) is 1.66. The van der Waals surface area contributed by atoms with Crippen molar-refractivity contribution in [3.63, 3.8) is 0 Å². The van der Waals surface area contributed by atoms with Crippen LogP contribution in [0.1, 0.15) is 34.5 Å². The van der Waals surface area contributed by atoms with E-state index >= 15 is 0 Å². The molecule has 1 amide bonds. The number of halogens is 1. The number of anilines is 1. The number of rotatable bonds is 5. The molecular weight excluding hydrogens is 410 g/mol. The summed E-state index contributed by atoms with van der Waals surface area (Å²) in [5.74, 6) is 0.370. The fraction of sp³-hybridized carbons (Fsp3) is 0.318. The van der Waals surface area contributed by atoms with Gasteiger partial charge in [0.15, 0.2) is 11.3 Å². The summed E-state index contributed by atoms with van der Waals surface area (Å²) >= 11 is 6.18. The van der Waals surface area contributed by atoms with Crippen molar-refractivity contribution >= 4 is 45.0 Å². The Labute approximate surface area is 176 Å². The molecule has 1 saturated heterocycles. The van der Waals surface area contributed by atoms with Gasteiger partial charge in [-0.2, -0.15) is 0 Å². The SMILES string of the molecule is Cc1c(C(=O)Nc2cccc(CS(=O)C3CCOCC3)c2)oc2c(Cl)cccc12. The van der Waals surface area contributed by atoms with Gasteiger partial charge in [0.2, 0.25) is 0 Å². The highest BCUT2D eigenvalue weighted by atomic mass is 35.5. The maximum absolute atomic E-state index is 12.8. The van der Waals surface area contributed by atoms with Gasteiger partial charge >= 0.3 is 0 Å². The van der Waals surface area contributed by atoms with E-state index < -0.39 is 10.8 Å². The Morgan fingerprint density at radius 2 is 1.97 bits per heavy atom. The molecule has 1 fully saturated rings. The van der Waals surface area contributed by atoms with Gasteiger partial charge in [0.1, 0.15) is 0 Å².